The molecule has 2 rings (SSSR count). The predicted molar refractivity (Wildman–Crippen MR) is 63.2 cm³/mol. The molecule has 0 bridgehead atoms. The Morgan fingerprint density at radius 3 is 3.19 bits per heavy atom. The van der Waals surface area contributed by atoms with Crippen molar-refractivity contribution < 1.29 is 9.84 Å². The summed E-state index contributed by atoms with van der Waals surface area (Å²) in [5.41, 5.74) is 5.70. The van der Waals surface area contributed by atoms with Gasteiger partial charge in [-0.05, 0) is 15.9 Å². The van der Waals surface area contributed by atoms with Gasteiger partial charge in [0, 0.05) is 6.54 Å². The topological polar surface area (TPSA) is 84.5 Å². The van der Waals surface area contributed by atoms with E-state index in [1.54, 1.807) is 0 Å². The molecule has 1 unspecified atom stereocenters. The van der Waals surface area contributed by atoms with Crippen LogP contribution in [0.4, 0.5) is 11.6 Å². The highest BCUT2D eigenvalue weighted by Gasteiger charge is 2.25. The van der Waals surface area contributed by atoms with E-state index in [-0.39, 0.29) is 12.6 Å². The molecule has 2 heterocycles. The normalized spacial score (nSPS) is 21.1. The molecule has 0 aliphatic carbocycles. The van der Waals surface area contributed by atoms with Gasteiger partial charge in [0.25, 0.3) is 0 Å². The molecule has 0 amide bonds. The average molecular weight is 289 g/mol. The van der Waals surface area contributed by atoms with Gasteiger partial charge in [0.1, 0.15) is 22.4 Å². The van der Waals surface area contributed by atoms with Crippen molar-refractivity contribution in [1.82, 2.24) is 9.97 Å². The average Bonchev–Trinajstić information content (AvgIpc) is 2.33. The van der Waals surface area contributed by atoms with E-state index in [0.717, 1.165) is 0 Å². The molecule has 1 fully saturated rings. The second kappa shape index (κ2) is 4.94. The summed E-state index contributed by atoms with van der Waals surface area (Å²) in [5, 5.41) is 9.27. The van der Waals surface area contributed by atoms with E-state index in [0.29, 0.717) is 35.9 Å². The maximum Gasteiger partial charge on any atom is 0.149 e. The van der Waals surface area contributed by atoms with Crippen LogP contribution in [0, 0.1) is 0 Å². The van der Waals surface area contributed by atoms with Crippen molar-refractivity contribution in [2.24, 2.45) is 0 Å². The summed E-state index contributed by atoms with van der Waals surface area (Å²) < 4.78 is 5.97. The third-order valence-electron chi connectivity index (χ3n) is 2.51. The molecule has 1 aromatic rings. The summed E-state index contributed by atoms with van der Waals surface area (Å²) in [7, 11) is 0. The number of aliphatic hydroxyl groups excluding tert-OH is 1. The lowest BCUT2D eigenvalue weighted by Crippen LogP contribution is -2.48. The number of hydrogen-bond acceptors (Lipinski definition) is 6. The van der Waals surface area contributed by atoms with Crippen LogP contribution in [-0.4, -0.2) is 47.5 Å². The van der Waals surface area contributed by atoms with E-state index >= 15 is 0 Å². The second-order valence-corrected chi connectivity index (χ2v) is 4.29. The summed E-state index contributed by atoms with van der Waals surface area (Å²) in [6, 6.07) is -0.0839. The second-order valence-electron chi connectivity index (χ2n) is 3.50. The van der Waals surface area contributed by atoms with Gasteiger partial charge in [-0.3, -0.25) is 0 Å². The number of rotatable bonds is 2. The highest BCUT2D eigenvalue weighted by atomic mass is 79.9. The van der Waals surface area contributed by atoms with Crippen molar-refractivity contribution in [2.75, 3.05) is 37.0 Å². The molecule has 7 heteroatoms. The summed E-state index contributed by atoms with van der Waals surface area (Å²) in [4.78, 5) is 10.0. The van der Waals surface area contributed by atoms with E-state index < -0.39 is 0 Å². The monoisotopic (exact) mass is 288 g/mol. The van der Waals surface area contributed by atoms with Gasteiger partial charge in [0.05, 0.1) is 25.9 Å². The third kappa shape index (κ3) is 2.11. The van der Waals surface area contributed by atoms with Crippen molar-refractivity contribution in [2.45, 2.75) is 6.04 Å². The van der Waals surface area contributed by atoms with Gasteiger partial charge in [0.15, 0.2) is 0 Å². The maximum atomic E-state index is 9.27. The fourth-order valence-electron chi connectivity index (χ4n) is 1.66. The fraction of sp³-hybridized carbons (Fsp3) is 0.556. The number of aromatic nitrogens is 2. The fourth-order valence-corrected chi connectivity index (χ4v) is 2.09. The number of nitrogen functional groups attached to an aromatic ring is 1. The van der Waals surface area contributed by atoms with Gasteiger partial charge < -0.3 is 20.5 Å². The van der Waals surface area contributed by atoms with Crippen molar-refractivity contribution in [1.29, 1.82) is 0 Å². The standard InChI is InChI=1S/C9H13BrN4O2/c10-7-8(11)12-5-13-9(7)14-1-2-16-4-6(14)3-15/h5-6,15H,1-4H2,(H2,11,12,13). The van der Waals surface area contributed by atoms with Crippen molar-refractivity contribution >= 4 is 27.6 Å². The smallest absolute Gasteiger partial charge is 0.149 e. The lowest BCUT2D eigenvalue weighted by Gasteiger charge is -2.35. The number of nitrogens with zero attached hydrogens (tertiary/aromatic N) is 3. The zero-order chi connectivity index (χ0) is 11.5. The Morgan fingerprint density at radius 1 is 1.62 bits per heavy atom. The number of ether oxygens (including phenoxy) is 1. The molecule has 0 saturated carbocycles. The molecule has 0 aromatic carbocycles. The van der Waals surface area contributed by atoms with E-state index in [1.165, 1.54) is 6.33 Å². The molecule has 88 valence electrons. The predicted octanol–water partition coefficient (Wildman–Crippen LogP) is 0.0188. The van der Waals surface area contributed by atoms with Gasteiger partial charge in [-0.15, -0.1) is 0 Å². The number of halogens is 1. The first-order chi connectivity index (χ1) is 7.74. The molecule has 0 radical (unpaired) electrons. The van der Waals surface area contributed by atoms with Crippen molar-refractivity contribution in [3.8, 4) is 0 Å². The first kappa shape index (κ1) is 11.6. The third-order valence-corrected chi connectivity index (χ3v) is 3.27. The molecule has 0 spiro atoms. The molecule has 1 atom stereocenters. The number of nitrogens with two attached hydrogens (primary N) is 1. The highest BCUT2D eigenvalue weighted by molar-refractivity contribution is 9.10. The molecular formula is C9H13BrN4O2. The van der Waals surface area contributed by atoms with Crippen LogP contribution in [-0.2, 0) is 4.74 Å². The van der Waals surface area contributed by atoms with Crippen LogP contribution in [0.3, 0.4) is 0 Å². The molecule has 16 heavy (non-hydrogen) atoms. The molecular weight excluding hydrogens is 276 g/mol. The highest BCUT2D eigenvalue weighted by Crippen LogP contribution is 2.29. The minimum Gasteiger partial charge on any atom is -0.394 e. The van der Waals surface area contributed by atoms with Crippen LogP contribution >= 0.6 is 15.9 Å². The van der Waals surface area contributed by atoms with Gasteiger partial charge in [-0.2, -0.15) is 0 Å². The van der Waals surface area contributed by atoms with Crippen molar-refractivity contribution in [3.63, 3.8) is 0 Å². The Labute approximate surface area is 102 Å². The van der Waals surface area contributed by atoms with Crippen LogP contribution in [0.5, 0.6) is 0 Å². The van der Waals surface area contributed by atoms with Gasteiger partial charge in [-0.1, -0.05) is 0 Å². The van der Waals surface area contributed by atoms with E-state index in [2.05, 4.69) is 25.9 Å². The molecule has 1 aliphatic heterocycles. The Bertz CT molecular complexity index is 377. The minimum atomic E-state index is -0.0839. The van der Waals surface area contributed by atoms with Crippen LogP contribution in [0.25, 0.3) is 0 Å². The number of hydrogen-bond donors (Lipinski definition) is 2. The summed E-state index contributed by atoms with van der Waals surface area (Å²) >= 11 is 3.36. The van der Waals surface area contributed by atoms with Gasteiger partial charge in [0.2, 0.25) is 0 Å². The lowest BCUT2D eigenvalue weighted by atomic mass is 10.2. The largest absolute Gasteiger partial charge is 0.394 e. The maximum absolute atomic E-state index is 9.27. The Hall–Kier alpha value is -0.920. The Kier molecular flexibility index (Phi) is 3.57. The number of anilines is 2. The summed E-state index contributed by atoms with van der Waals surface area (Å²) in [6.45, 7) is 1.82. The van der Waals surface area contributed by atoms with Gasteiger partial charge >= 0.3 is 0 Å². The molecule has 1 saturated heterocycles. The zero-order valence-electron chi connectivity index (χ0n) is 8.64. The number of aliphatic hydroxyl groups is 1. The Morgan fingerprint density at radius 2 is 2.44 bits per heavy atom. The van der Waals surface area contributed by atoms with E-state index in [9.17, 15) is 5.11 Å². The van der Waals surface area contributed by atoms with E-state index in [4.69, 9.17) is 10.5 Å². The van der Waals surface area contributed by atoms with Crippen LogP contribution in [0.15, 0.2) is 10.8 Å². The summed E-state index contributed by atoms with van der Waals surface area (Å²) in [5.74, 6) is 1.10. The molecule has 3 N–H and O–H groups in total. The minimum absolute atomic E-state index is 0.0242. The molecule has 6 nitrogen and oxygen atoms in total. The lowest BCUT2D eigenvalue weighted by molar-refractivity contribution is 0.0722. The zero-order valence-corrected chi connectivity index (χ0v) is 10.2. The van der Waals surface area contributed by atoms with Crippen LogP contribution in [0.2, 0.25) is 0 Å². The van der Waals surface area contributed by atoms with Crippen LogP contribution in [0.1, 0.15) is 0 Å². The SMILES string of the molecule is Nc1ncnc(N2CCOCC2CO)c1Br. The quantitative estimate of drug-likeness (QED) is 0.798. The van der Waals surface area contributed by atoms with Crippen LogP contribution < -0.4 is 10.6 Å². The first-order valence-corrected chi connectivity index (χ1v) is 5.74. The Balaban J connectivity index is 2.30. The molecule has 1 aliphatic rings. The first-order valence-electron chi connectivity index (χ1n) is 4.95. The van der Waals surface area contributed by atoms with E-state index in [1.807, 2.05) is 4.90 Å². The van der Waals surface area contributed by atoms with Crippen molar-refractivity contribution in [3.05, 3.63) is 10.8 Å². The molecule has 1 aromatic heterocycles. The number of morpholine rings is 1. The summed E-state index contributed by atoms with van der Waals surface area (Å²) in [6.07, 6.45) is 1.42. The van der Waals surface area contributed by atoms with Gasteiger partial charge in [-0.25, -0.2) is 9.97 Å².